The van der Waals surface area contributed by atoms with E-state index >= 15 is 0 Å². The first-order chi connectivity index (χ1) is 13.1. The van der Waals surface area contributed by atoms with Crippen molar-refractivity contribution in [1.82, 2.24) is 10.2 Å². The van der Waals surface area contributed by atoms with Crippen LogP contribution in [0.4, 0.5) is 0 Å². The summed E-state index contributed by atoms with van der Waals surface area (Å²) in [7, 11) is 0. The number of aliphatic hydroxyl groups excluding tert-OH is 1. The molecule has 0 aliphatic heterocycles. The smallest absolute Gasteiger partial charge is 0.328 e. The number of rotatable bonds is 9. The monoisotopic (exact) mass is 397 g/mol. The zero-order chi connectivity index (χ0) is 21.4. The van der Waals surface area contributed by atoms with Crippen LogP contribution in [0.1, 0.15) is 23.2 Å². The second-order valence-corrected chi connectivity index (χ2v) is 5.85. The van der Waals surface area contributed by atoms with Crippen molar-refractivity contribution >= 4 is 23.7 Å². The van der Waals surface area contributed by atoms with Crippen molar-refractivity contribution in [2.24, 2.45) is 11.5 Å². The first-order valence-corrected chi connectivity index (χ1v) is 8.16. The summed E-state index contributed by atoms with van der Waals surface area (Å²) in [5, 5.41) is 46.5. The number of phenols is 2. The van der Waals surface area contributed by atoms with E-state index in [-0.39, 0.29) is 24.9 Å². The van der Waals surface area contributed by atoms with E-state index < -0.39 is 53.9 Å². The second-order valence-electron chi connectivity index (χ2n) is 5.85. The van der Waals surface area contributed by atoms with Gasteiger partial charge < -0.3 is 37.2 Å². The minimum atomic E-state index is -1.48. The third kappa shape index (κ3) is 5.82. The van der Waals surface area contributed by atoms with Gasteiger partial charge in [-0.3, -0.25) is 19.9 Å². The van der Waals surface area contributed by atoms with Crippen molar-refractivity contribution in [2.75, 3.05) is 13.2 Å². The summed E-state index contributed by atoms with van der Waals surface area (Å²) in [6, 6.07) is 1.15. The largest absolute Gasteiger partial charge is 0.504 e. The molecule has 0 spiro atoms. The van der Waals surface area contributed by atoms with Crippen LogP contribution in [0.2, 0.25) is 0 Å². The Labute approximate surface area is 159 Å². The molecule has 28 heavy (non-hydrogen) atoms. The fourth-order valence-electron chi connectivity index (χ4n) is 2.25. The molecular formula is C16H23N5O7. The highest BCUT2D eigenvalue weighted by Gasteiger charge is 2.25. The molecule has 0 saturated carbocycles. The number of carboxylic acids is 1. The van der Waals surface area contributed by atoms with Crippen LogP contribution in [0.3, 0.4) is 0 Å². The van der Waals surface area contributed by atoms with Crippen molar-refractivity contribution in [3.8, 4) is 11.5 Å². The Morgan fingerprint density at radius 2 is 1.89 bits per heavy atom. The van der Waals surface area contributed by atoms with E-state index in [1.165, 1.54) is 18.2 Å². The van der Waals surface area contributed by atoms with Gasteiger partial charge in [-0.25, -0.2) is 4.79 Å². The molecule has 0 bridgehead atoms. The number of aliphatic carboxylic acids is 1. The topological polar surface area (TPSA) is 223 Å². The SMILES string of the molecule is N=C(N)N(CCC[C@@H](N)C(=O)N[C@@H](CO)C(=O)O)C(=O)c1cccc(O)c1O. The molecular weight excluding hydrogens is 374 g/mol. The molecule has 0 radical (unpaired) electrons. The molecule has 10 N–H and O–H groups in total. The first-order valence-electron chi connectivity index (χ1n) is 8.16. The lowest BCUT2D eigenvalue weighted by molar-refractivity contribution is -0.143. The first kappa shape index (κ1) is 22.7. The maximum Gasteiger partial charge on any atom is 0.328 e. The van der Waals surface area contributed by atoms with Crippen LogP contribution in [0, 0.1) is 5.41 Å². The van der Waals surface area contributed by atoms with Crippen LogP contribution < -0.4 is 16.8 Å². The van der Waals surface area contributed by atoms with Gasteiger partial charge in [-0.05, 0) is 25.0 Å². The van der Waals surface area contributed by atoms with Crippen LogP contribution in [0.5, 0.6) is 11.5 Å². The number of nitrogens with zero attached hydrogens (tertiary/aromatic N) is 1. The van der Waals surface area contributed by atoms with E-state index in [0.29, 0.717) is 0 Å². The molecule has 0 aromatic heterocycles. The zero-order valence-corrected chi connectivity index (χ0v) is 14.8. The highest BCUT2D eigenvalue weighted by Crippen LogP contribution is 2.29. The number of nitrogens with two attached hydrogens (primary N) is 2. The minimum Gasteiger partial charge on any atom is -0.504 e. The maximum absolute atomic E-state index is 12.5. The Bertz CT molecular complexity index is 755. The molecule has 0 aliphatic rings. The lowest BCUT2D eigenvalue weighted by Gasteiger charge is -2.22. The summed E-state index contributed by atoms with van der Waals surface area (Å²) in [6.45, 7) is -0.916. The summed E-state index contributed by atoms with van der Waals surface area (Å²) < 4.78 is 0. The van der Waals surface area contributed by atoms with Gasteiger partial charge in [0.1, 0.15) is 6.04 Å². The molecule has 12 heteroatoms. The van der Waals surface area contributed by atoms with Gasteiger partial charge in [-0.15, -0.1) is 0 Å². The minimum absolute atomic E-state index is 0.0205. The van der Waals surface area contributed by atoms with Crippen molar-refractivity contribution in [3.63, 3.8) is 0 Å². The number of guanidine groups is 1. The standard InChI is InChI=1S/C16H23N5O7/c17-9(13(25)20-10(7-22)15(27)28)4-2-6-21(16(18)19)14(26)8-3-1-5-11(23)12(8)24/h1,3,5,9-10,22-24H,2,4,6-7,17H2,(H3,18,19)(H,20,25)(H,27,28)/t9-,10+/m1/s1. The number of amides is 2. The fourth-order valence-corrected chi connectivity index (χ4v) is 2.25. The molecule has 2 atom stereocenters. The maximum atomic E-state index is 12.5. The zero-order valence-electron chi connectivity index (χ0n) is 14.8. The lowest BCUT2D eigenvalue weighted by atomic mass is 10.1. The quantitative estimate of drug-likeness (QED) is 0.132. The molecule has 0 saturated heterocycles. The summed E-state index contributed by atoms with van der Waals surface area (Å²) in [5.74, 6) is -4.82. The summed E-state index contributed by atoms with van der Waals surface area (Å²) >= 11 is 0. The molecule has 12 nitrogen and oxygen atoms in total. The predicted molar refractivity (Wildman–Crippen MR) is 96.6 cm³/mol. The van der Waals surface area contributed by atoms with E-state index in [0.717, 1.165) is 4.90 Å². The van der Waals surface area contributed by atoms with Crippen LogP contribution in [-0.4, -0.2) is 74.3 Å². The fraction of sp³-hybridized carbons (Fsp3) is 0.375. The number of nitrogens with one attached hydrogen (secondary N) is 2. The highest BCUT2D eigenvalue weighted by molar-refractivity contribution is 6.06. The van der Waals surface area contributed by atoms with Gasteiger partial charge in [0.25, 0.3) is 5.91 Å². The Balaban J connectivity index is 2.70. The van der Waals surface area contributed by atoms with Gasteiger partial charge in [0.2, 0.25) is 5.91 Å². The molecule has 1 rings (SSSR count). The summed E-state index contributed by atoms with van der Waals surface area (Å²) in [6.07, 6.45) is 0.142. The van der Waals surface area contributed by atoms with Crippen LogP contribution in [0.25, 0.3) is 0 Å². The Morgan fingerprint density at radius 3 is 2.43 bits per heavy atom. The van der Waals surface area contributed by atoms with Gasteiger partial charge in [0.15, 0.2) is 17.5 Å². The van der Waals surface area contributed by atoms with Gasteiger partial charge in [-0.1, -0.05) is 6.07 Å². The Morgan fingerprint density at radius 1 is 1.25 bits per heavy atom. The lowest BCUT2D eigenvalue weighted by Crippen LogP contribution is -2.50. The summed E-state index contributed by atoms with van der Waals surface area (Å²) in [5.41, 5.74) is 10.8. The molecule has 154 valence electrons. The van der Waals surface area contributed by atoms with Crippen LogP contribution in [0.15, 0.2) is 18.2 Å². The van der Waals surface area contributed by atoms with Crippen LogP contribution >= 0.6 is 0 Å². The number of benzene rings is 1. The van der Waals surface area contributed by atoms with Gasteiger partial charge in [0.05, 0.1) is 18.2 Å². The number of hydrogen-bond donors (Lipinski definition) is 8. The molecule has 0 heterocycles. The van der Waals surface area contributed by atoms with Crippen molar-refractivity contribution < 1.29 is 34.8 Å². The van der Waals surface area contributed by atoms with E-state index in [9.17, 15) is 24.6 Å². The summed E-state index contributed by atoms with van der Waals surface area (Å²) in [4.78, 5) is 35.9. The number of para-hydroxylation sites is 1. The number of hydrogen-bond acceptors (Lipinski definition) is 8. The number of aromatic hydroxyl groups is 2. The van der Waals surface area contributed by atoms with E-state index in [1.54, 1.807) is 0 Å². The van der Waals surface area contributed by atoms with Gasteiger partial charge >= 0.3 is 5.97 Å². The number of carboxylic acid groups (broad SMARTS) is 1. The average molecular weight is 397 g/mol. The predicted octanol–water partition coefficient (Wildman–Crippen LogP) is -1.90. The number of phenolic OH excluding ortho intramolecular Hbond substituents is 2. The Kier molecular flexibility index (Phi) is 8.16. The second kappa shape index (κ2) is 10.1. The number of carbonyl (C=O) groups is 3. The number of aliphatic hydroxyl groups is 1. The highest BCUT2D eigenvalue weighted by atomic mass is 16.4. The normalized spacial score (nSPS) is 12.6. The molecule has 0 unspecified atom stereocenters. The van der Waals surface area contributed by atoms with E-state index in [4.69, 9.17) is 27.1 Å². The molecule has 0 fully saturated rings. The van der Waals surface area contributed by atoms with Crippen molar-refractivity contribution in [3.05, 3.63) is 23.8 Å². The van der Waals surface area contributed by atoms with Crippen LogP contribution in [-0.2, 0) is 9.59 Å². The molecule has 1 aromatic rings. The third-order valence-electron chi connectivity index (χ3n) is 3.81. The average Bonchev–Trinajstić information content (AvgIpc) is 2.63. The van der Waals surface area contributed by atoms with E-state index in [1.807, 2.05) is 0 Å². The molecule has 0 aliphatic carbocycles. The Hall–Kier alpha value is -3.38. The van der Waals surface area contributed by atoms with E-state index in [2.05, 4.69) is 5.32 Å². The van der Waals surface area contributed by atoms with Crippen molar-refractivity contribution in [2.45, 2.75) is 24.9 Å². The number of carbonyl (C=O) groups excluding carboxylic acids is 2. The van der Waals surface area contributed by atoms with Gasteiger partial charge in [-0.2, -0.15) is 0 Å². The van der Waals surface area contributed by atoms with Crippen molar-refractivity contribution in [1.29, 1.82) is 5.41 Å². The van der Waals surface area contributed by atoms with Gasteiger partial charge in [0, 0.05) is 6.54 Å². The third-order valence-corrected chi connectivity index (χ3v) is 3.81. The molecule has 2 amide bonds. The molecule has 1 aromatic carbocycles.